The Morgan fingerprint density at radius 1 is 1.38 bits per heavy atom. The highest BCUT2D eigenvalue weighted by molar-refractivity contribution is 5.51. The Morgan fingerprint density at radius 2 is 2.19 bits per heavy atom. The van der Waals surface area contributed by atoms with E-state index in [1.165, 1.54) is 36.3 Å². The Bertz CT molecular complexity index is 445. The number of nitrogens with zero attached hydrogens (tertiary/aromatic N) is 1. The quantitative estimate of drug-likeness (QED) is 0.780. The van der Waals surface area contributed by atoms with Crippen LogP contribution in [-0.2, 0) is 11.3 Å². The molecule has 0 aromatic heterocycles. The number of methoxy groups -OCH3 is 1. The van der Waals surface area contributed by atoms with Crippen LogP contribution < -0.4 is 10.2 Å². The van der Waals surface area contributed by atoms with Crippen LogP contribution in [0.4, 0.5) is 5.69 Å². The average molecular weight is 290 g/mol. The van der Waals surface area contributed by atoms with Crippen molar-refractivity contribution in [3.05, 3.63) is 29.3 Å². The first-order valence-corrected chi connectivity index (χ1v) is 8.16. The number of aryl methyl sites for hydroxylation is 1. The maximum atomic E-state index is 5.06. The summed E-state index contributed by atoms with van der Waals surface area (Å²) in [4.78, 5) is 2.54. The van der Waals surface area contributed by atoms with Gasteiger partial charge in [0.15, 0.2) is 0 Å². The minimum atomic E-state index is 0.765. The van der Waals surface area contributed by atoms with Gasteiger partial charge in [-0.3, -0.25) is 0 Å². The van der Waals surface area contributed by atoms with E-state index in [4.69, 9.17) is 4.74 Å². The van der Waals surface area contributed by atoms with Crippen LogP contribution in [0, 0.1) is 18.8 Å². The summed E-state index contributed by atoms with van der Waals surface area (Å²) in [5, 5.41) is 3.42. The molecular weight excluding hydrogens is 260 g/mol. The molecule has 0 radical (unpaired) electrons. The number of ether oxygens (including phenoxy) is 1. The Morgan fingerprint density at radius 3 is 2.81 bits per heavy atom. The zero-order valence-corrected chi connectivity index (χ0v) is 14.0. The molecule has 1 heterocycles. The second-order valence-corrected chi connectivity index (χ2v) is 6.52. The summed E-state index contributed by atoms with van der Waals surface area (Å²) in [6.45, 7) is 11.9. The van der Waals surface area contributed by atoms with E-state index in [0.29, 0.717) is 0 Å². The van der Waals surface area contributed by atoms with Crippen LogP contribution in [0.1, 0.15) is 31.4 Å². The van der Waals surface area contributed by atoms with Crippen LogP contribution in [0.3, 0.4) is 0 Å². The lowest BCUT2D eigenvalue weighted by molar-refractivity contribution is 0.199. The molecule has 1 saturated heterocycles. The van der Waals surface area contributed by atoms with E-state index in [2.05, 4.69) is 49.2 Å². The van der Waals surface area contributed by atoms with Gasteiger partial charge in [-0.1, -0.05) is 19.9 Å². The predicted octanol–water partition coefficient (Wildman–Crippen LogP) is 3.21. The number of benzene rings is 1. The number of hydrogen-bond donors (Lipinski definition) is 1. The lowest BCUT2D eigenvalue weighted by atomic mass is 9.95. The third-order valence-corrected chi connectivity index (χ3v) is 4.66. The molecule has 0 bridgehead atoms. The summed E-state index contributed by atoms with van der Waals surface area (Å²) < 4.78 is 5.06. The van der Waals surface area contributed by atoms with E-state index < -0.39 is 0 Å². The molecule has 0 spiro atoms. The zero-order chi connectivity index (χ0) is 15.2. The van der Waals surface area contributed by atoms with E-state index in [0.717, 1.165) is 31.5 Å². The first kappa shape index (κ1) is 16.3. The average Bonchev–Trinajstić information content (AvgIpc) is 2.95. The molecule has 3 nitrogen and oxygen atoms in total. The summed E-state index contributed by atoms with van der Waals surface area (Å²) >= 11 is 0. The van der Waals surface area contributed by atoms with Gasteiger partial charge in [0.25, 0.3) is 0 Å². The van der Waals surface area contributed by atoms with Crippen LogP contribution in [0.25, 0.3) is 0 Å². The summed E-state index contributed by atoms with van der Waals surface area (Å²) in [5.74, 6) is 1.64. The first-order chi connectivity index (χ1) is 10.1. The van der Waals surface area contributed by atoms with E-state index >= 15 is 0 Å². The molecule has 118 valence electrons. The molecule has 0 aliphatic carbocycles. The molecule has 1 unspecified atom stereocenters. The van der Waals surface area contributed by atoms with Crippen LogP contribution >= 0.6 is 0 Å². The van der Waals surface area contributed by atoms with Crippen molar-refractivity contribution in [2.75, 3.05) is 38.3 Å². The van der Waals surface area contributed by atoms with Gasteiger partial charge in [-0.15, -0.1) is 0 Å². The molecule has 1 fully saturated rings. The van der Waals surface area contributed by atoms with Gasteiger partial charge in [-0.05, 0) is 48.4 Å². The van der Waals surface area contributed by atoms with E-state index in [9.17, 15) is 0 Å². The molecule has 1 aliphatic heterocycles. The van der Waals surface area contributed by atoms with E-state index in [-0.39, 0.29) is 0 Å². The molecule has 3 heteroatoms. The highest BCUT2D eigenvalue weighted by atomic mass is 16.5. The van der Waals surface area contributed by atoms with Gasteiger partial charge in [0.1, 0.15) is 0 Å². The topological polar surface area (TPSA) is 24.5 Å². The van der Waals surface area contributed by atoms with Gasteiger partial charge >= 0.3 is 0 Å². The Labute approximate surface area is 129 Å². The smallest absolute Gasteiger partial charge is 0.0587 e. The Hall–Kier alpha value is -1.06. The molecule has 1 aliphatic rings. The Kier molecular flexibility index (Phi) is 6.07. The monoisotopic (exact) mass is 290 g/mol. The summed E-state index contributed by atoms with van der Waals surface area (Å²) in [6, 6.07) is 6.90. The summed E-state index contributed by atoms with van der Waals surface area (Å²) in [7, 11) is 1.74. The lowest BCUT2D eigenvalue weighted by Crippen LogP contribution is -2.22. The number of nitrogens with one attached hydrogen (secondary N) is 1. The third kappa shape index (κ3) is 4.45. The van der Waals surface area contributed by atoms with Crippen molar-refractivity contribution < 1.29 is 4.74 Å². The number of rotatable bonds is 7. The fourth-order valence-corrected chi connectivity index (χ4v) is 3.04. The van der Waals surface area contributed by atoms with Crippen molar-refractivity contribution in [3.8, 4) is 0 Å². The standard InChI is InChI=1S/C18H30N2O/c1-14(2)17-7-9-20(13-17)18-6-5-16(15(3)11-18)12-19-8-10-21-4/h5-6,11,14,17,19H,7-10,12-13H2,1-4H3. The van der Waals surface area contributed by atoms with Crippen molar-refractivity contribution in [2.45, 2.75) is 33.7 Å². The number of anilines is 1. The SMILES string of the molecule is COCCNCc1ccc(N2CCC(C(C)C)C2)cc1C. The largest absolute Gasteiger partial charge is 0.383 e. The maximum Gasteiger partial charge on any atom is 0.0587 e. The van der Waals surface area contributed by atoms with Crippen LogP contribution in [-0.4, -0.2) is 33.4 Å². The van der Waals surface area contributed by atoms with Crippen LogP contribution in [0.15, 0.2) is 18.2 Å². The van der Waals surface area contributed by atoms with Crippen molar-refractivity contribution in [3.63, 3.8) is 0 Å². The lowest BCUT2D eigenvalue weighted by Gasteiger charge is -2.21. The van der Waals surface area contributed by atoms with Gasteiger partial charge in [-0.2, -0.15) is 0 Å². The molecule has 0 amide bonds. The maximum absolute atomic E-state index is 5.06. The molecule has 1 atom stereocenters. The van der Waals surface area contributed by atoms with Crippen molar-refractivity contribution in [1.82, 2.24) is 5.32 Å². The minimum absolute atomic E-state index is 0.765. The molecular formula is C18H30N2O. The minimum Gasteiger partial charge on any atom is -0.383 e. The van der Waals surface area contributed by atoms with Crippen molar-refractivity contribution >= 4 is 5.69 Å². The highest BCUT2D eigenvalue weighted by Crippen LogP contribution is 2.29. The first-order valence-electron chi connectivity index (χ1n) is 8.16. The Balaban J connectivity index is 1.93. The fraction of sp³-hybridized carbons (Fsp3) is 0.667. The highest BCUT2D eigenvalue weighted by Gasteiger charge is 2.25. The predicted molar refractivity (Wildman–Crippen MR) is 89.9 cm³/mol. The summed E-state index contributed by atoms with van der Waals surface area (Å²) in [6.07, 6.45) is 1.33. The molecule has 21 heavy (non-hydrogen) atoms. The van der Waals surface area contributed by atoms with Gasteiger partial charge in [0.05, 0.1) is 6.61 Å². The third-order valence-electron chi connectivity index (χ3n) is 4.66. The van der Waals surface area contributed by atoms with Crippen LogP contribution in [0.5, 0.6) is 0 Å². The van der Waals surface area contributed by atoms with Crippen molar-refractivity contribution in [2.24, 2.45) is 11.8 Å². The number of hydrogen-bond acceptors (Lipinski definition) is 3. The summed E-state index contributed by atoms with van der Waals surface area (Å²) in [5.41, 5.74) is 4.15. The van der Waals surface area contributed by atoms with Gasteiger partial charge in [-0.25, -0.2) is 0 Å². The van der Waals surface area contributed by atoms with Gasteiger partial charge < -0.3 is 15.0 Å². The molecule has 1 N–H and O–H groups in total. The van der Waals surface area contributed by atoms with Crippen LogP contribution in [0.2, 0.25) is 0 Å². The zero-order valence-electron chi connectivity index (χ0n) is 14.0. The van der Waals surface area contributed by atoms with Gasteiger partial charge in [0, 0.05) is 39.0 Å². The molecule has 0 saturated carbocycles. The van der Waals surface area contributed by atoms with Gasteiger partial charge in [0.2, 0.25) is 0 Å². The fourth-order valence-electron chi connectivity index (χ4n) is 3.04. The second-order valence-electron chi connectivity index (χ2n) is 6.52. The van der Waals surface area contributed by atoms with Crippen molar-refractivity contribution in [1.29, 1.82) is 0 Å². The van der Waals surface area contributed by atoms with E-state index in [1.807, 2.05) is 0 Å². The van der Waals surface area contributed by atoms with E-state index in [1.54, 1.807) is 7.11 Å². The second kappa shape index (κ2) is 7.81. The molecule has 1 aromatic rings. The molecule has 2 rings (SSSR count). The molecule has 1 aromatic carbocycles. The normalized spacial score (nSPS) is 18.7.